The maximum Gasteiger partial charge on any atom is 0.416 e. The van der Waals surface area contributed by atoms with Crippen molar-refractivity contribution in [2.45, 2.75) is 102 Å². The number of imidazole rings is 1. The third-order valence-corrected chi connectivity index (χ3v) is 11.0. The molecular formula is C30H48F5N5O5SSi. The number of nitrogens with zero attached hydrogens (tertiary/aromatic N) is 3. The molecule has 2 N–H and O–H groups in total. The normalized spacial score (nSPS) is 18.3. The minimum absolute atomic E-state index is 0.0130. The van der Waals surface area contributed by atoms with E-state index >= 15 is 0 Å². The molecule has 268 valence electrons. The topological polar surface area (TPSA) is 107 Å². The molecule has 1 aromatic heterocycles. The zero-order valence-electron chi connectivity index (χ0n) is 28.5. The summed E-state index contributed by atoms with van der Waals surface area (Å²) in [5.41, 5.74) is -1.16. The van der Waals surface area contributed by atoms with Gasteiger partial charge in [0.25, 0.3) is 5.92 Å². The minimum Gasteiger partial charge on any atom is -0.382 e. The van der Waals surface area contributed by atoms with Gasteiger partial charge < -0.3 is 29.0 Å². The molecule has 0 aliphatic carbocycles. The third-order valence-electron chi connectivity index (χ3n) is 7.68. The van der Waals surface area contributed by atoms with Gasteiger partial charge in [0.15, 0.2) is 5.60 Å². The molecule has 47 heavy (non-hydrogen) atoms. The molecule has 0 bridgehead atoms. The van der Waals surface area contributed by atoms with Crippen LogP contribution in [0.15, 0.2) is 18.2 Å². The zero-order valence-corrected chi connectivity index (χ0v) is 30.3. The largest absolute Gasteiger partial charge is 0.416 e. The number of urea groups is 1. The number of alkyl halides is 5. The van der Waals surface area contributed by atoms with Gasteiger partial charge in [0.2, 0.25) is 0 Å². The van der Waals surface area contributed by atoms with Crippen LogP contribution in [-0.4, -0.2) is 95.2 Å². The monoisotopic (exact) mass is 713 g/mol. The number of fused-ring (bicyclic) bond motifs is 1. The highest BCUT2D eigenvalue weighted by molar-refractivity contribution is 7.84. The fraction of sp³-hybridized carbons (Fsp3) is 0.733. The van der Waals surface area contributed by atoms with Gasteiger partial charge in [-0.3, -0.25) is 0 Å². The first-order chi connectivity index (χ1) is 21.5. The summed E-state index contributed by atoms with van der Waals surface area (Å²) in [5.74, 6) is -2.94. The van der Waals surface area contributed by atoms with Crippen molar-refractivity contribution in [3.8, 4) is 0 Å². The number of benzene rings is 1. The van der Waals surface area contributed by atoms with Crippen molar-refractivity contribution in [3.05, 3.63) is 29.6 Å². The molecule has 1 saturated heterocycles. The molecule has 0 unspecified atom stereocenters. The van der Waals surface area contributed by atoms with E-state index in [4.69, 9.17) is 19.2 Å². The number of hydrogen-bond acceptors (Lipinski definition) is 6. The Morgan fingerprint density at radius 2 is 1.79 bits per heavy atom. The number of ether oxygens (including phenoxy) is 3. The van der Waals surface area contributed by atoms with E-state index in [0.29, 0.717) is 23.2 Å². The first kappa shape index (κ1) is 39.3. The van der Waals surface area contributed by atoms with Gasteiger partial charge in [-0.25, -0.2) is 27.5 Å². The van der Waals surface area contributed by atoms with Gasteiger partial charge in [-0.15, -0.1) is 0 Å². The summed E-state index contributed by atoms with van der Waals surface area (Å²) in [5, 5.41) is 2.22. The highest BCUT2D eigenvalue weighted by Crippen LogP contribution is 2.35. The maximum atomic E-state index is 14.3. The van der Waals surface area contributed by atoms with Gasteiger partial charge in [-0.2, -0.15) is 13.2 Å². The standard InChI is InChI=1S/C30H48F5N5O5SSi/c1-27(2,3)46(42)38-22(15-45-28(4,5)30(33,34)35)25-37-21-14-20(10-11-23(21)40(25)19-44-12-13-47(7,8)9)24(16-43-6)39-18-29(31,32)17-36-26(39)41/h10-11,14,22,24,38H,12-13,15-19H2,1-9H3,(H,36,41)/t22-,24+,46+/m0/s1. The molecule has 3 rings (SSSR count). The first-order valence-electron chi connectivity index (χ1n) is 15.3. The van der Waals surface area contributed by atoms with Crippen molar-refractivity contribution in [2.24, 2.45) is 0 Å². The summed E-state index contributed by atoms with van der Waals surface area (Å²) in [6.07, 6.45) is -4.68. The number of methoxy groups -OCH3 is 1. The van der Waals surface area contributed by atoms with E-state index in [9.17, 15) is 31.0 Å². The molecule has 0 spiro atoms. The van der Waals surface area contributed by atoms with Gasteiger partial charge in [-0.1, -0.05) is 25.7 Å². The Labute approximate surface area is 276 Å². The molecule has 3 atom stereocenters. The zero-order chi connectivity index (χ0) is 35.6. The van der Waals surface area contributed by atoms with Crippen molar-refractivity contribution in [2.75, 3.05) is 40.0 Å². The quantitative estimate of drug-likeness (QED) is 0.130. The van der Waals surface area contributed by atoms with Gasteiger partial charge in [-0.05, 0) is 58.4 Å². The molecule has 2 amide bonds. The number of aromatic nitrogens is 2. The molecule has 0 saturated carbocycles. The number of halogens is 5. The van der Waals surface area contributed by atoms with Gasteiger partial charge in [0, 0.05) is 21.8 Å². The van der Waals surface area contributed by atoms with Crippen LogP contribution < -0.4 is 10.0 Å². The van der Waals surface area contributed by atoms with E-state index < -0.39 is 79.3 Å². The van der Waals surface area contributed by atoms with Gasteiger partial charge in [0.1, 0.15) is 18.6 Å². The fourth-order valence-corrected chi connectivity index (χ4v) is 6.15. The highest BCUT2D eigenvalue weighted by Gasteiger charge is 2.49. The van der Waals surface area contributed by atoms with Crippen LogP contribution in [0.5, 0.6) is 0 Å². The summed E-state index contributed by atoms with van der Waals surface area (Å²) in [6.45, 7) is 11.8. The summed E-state index contributed by atoms with van der Waals surface area (Å²) in [4.78, 5) is 18.4. The Bertz CT molecular complexity index is 1410. The SMILES string of the molecule is COC[C@H](c1ccc2c(c1)nc([C@H](COC(C)(C)C(F)(F)F)N[S@](=O)C(C)(C)C)n2COCC[Si](C)(C)C)N1CC(F)(F)CNC1=O. The molecule has 1 fully saturated rings. The molecule has 1 aliphatic heterocycles. The highest BCUT2D eigenvalue weighted by atomic mass is 32.2. The summed E-state index contributed by atoms with van der Waals surface area (Å²) >= 11 is 0. The van der Waals surface area contributed by atoms with Crippen molar-refractivity contribution in [1.82, 2.24) is 24.5 Å². The third kappa shape index (κ3) is 10.4. The Hall–Kier alpha value is -2.18. The molecule has 2 aromatic rings. The van der Waals surface area contributed by atoms with Crippen LogP contribution in [-0.2, 0) is 31.9 Å². The molecule has 1 aliphatic rings. The average molecular weight is 714 g/mol. The number of hydrogen-bond donors (Lipinski definition) is 2. The van der Waals surface area contributed by atoms with Gasteiger partial charge in [0.05, 0.1) is 59.1 Å². The van der Waals surface area contributed by atoms with Crippen molar-refractivity contribution < 1.29 is 45.2 Å². The molecule has 2 heterocycles. The molecular weight excluding hydrogens is 666 g/mol. The predicted molar refractivity (Wildman–Crippen MR) is 173 cm³/mol. The summed E-state index contributed by atoms with van der Waals surface area (Å²) in [6, 6.07) is 3.19. The van der Waals surface area contributed by atoms with E-state index in [1.807, 2.05) is 0 Å². The lowest BCUT2D eigenvalue weighted by Gasteiger charge is -2.38. The minimum atomic E-state index is -4.68. The number of amides is 2. The van der Waals surface area contributed by atoms with E-state index in [2.05, 4.69) is 29.7 Å². The number of nitrogens with one attached hydrogen (secondary N) is 2. The van der Waals surface area contributed by atoms with Crippen LogP contribution in [0.3, 0.4) is 0 Å². The smallest absolute Gasteiger partial charge is 0.382 e. The number of carbonyl (C=O) groups excluding carboxylic acids is 1. The van der Waals surface area contributed by atoms with Crippen molar-refractivity contribution >= 4 is 36.1 Å². The number of rotatable bonds is 15. The average Bonchev–Trinajstić information content (AvgIpc) is 3.29. The Balaban J connectivity index is 2.13. The maximum absolute atomic E-state index is 14.3. The Morgan fingerprint density at radius 3 is 2.36 bits per heavy atom. The first-order valence-corrected chi connectivity index (χ1v) is 20.2. The second-order valence-electron chi connectivity index (χ2n) is 14.5. The lowest BCUT2D eigenvalue weighted by molar-refractivity contribution is -0.265. The second kappa shape index (κ2) is 14.7. The van der Waals surface area contributed by atoms with Crippen LogP contribution >= 0.6 is 0 Å². The van der Waals surface area contributed by atoms with Crippen LogP contribution in [0, 0.1) is 0 Å². The molecule has 17 heteroatoms. The van der Waals surface area contributed by atoms with E-state index in [0.717, 1.165) is 24.8 Å². The van der Waals surface area contributed by atoms with Crippen LogP contribution in [0.2, 0.25) is 25.7 Å². The van der Waals surface area contributed by atoms with Crippen LogP contribution in [0.1, 0.15) is 58.1 Å². The Morgan fingerprint density at radius 1 is 1.13 bits per heavy atom. The van der Waals surface area contributed by atoms with Crippen LogP contribution in [0.4, 0.5) is 26.7 Å². The van der Waals surface area contributed by atoms with Crippen molar-refractivity contribution in [1.29, 1.82) is 0 Å². The second-order valence-corrected chi connectivity index (χ2v) is 22.1. The van der Waals surface area contributed by atoms with Gasteiger partial charge >= 0.3 is 12.2 Å². The fourth-order valence-electron chi connectivity index (χ4n) is 4.61. The molecule has 10 nitrogen and oxygen atoms in total. The van der Waals surface area contributed by atoms with Crippen molar-refractivity contribution in [3.63, 3.8) is 0 Å². The van der Waals surface area contributed by atoms with E-state index in [1.54, 1.807) is 43.5 Å². The summed E-state index contributed by atoms with van der Waals surface area (Å²) in [7, 11) is -1.80. The van der Waals surface area contributed by atoms with E-state index in [-0.39, 0.29) is 19.2 Å². The number of carbonyl (C=O) groups is 1. The van der Waals surface area contributed by atoms with E-state index in [1.165, 1.54) is 7.11 Å². The predicted octanol–water partition coefficient (Wildman–Crippen LogP) is 6.15. The van der Waals surface area contributed by atoms with Crippen LogP contribution in [0.25, 0.3) is 11.0 Å². The lowest BCUT2D eigenvalue weighted by atomic mass is 10.0. The molecule has 1 aromatic carbocycles. The summed E-state index contributed by atoms with van der Waals surface area (Å²) < 4.78 is 104. The lowest BCUT2D eigenvalue weighted by Crippen LogP contribution is -2.58. The Kier molecular flexibility index (Phi) is 12.3. The molecule has 0 radical (unpaired) electrons.